The maximum Gasteiger partial charge on any atom is 0.253 e. The highest BCUT2D eigenvalue weighted by Gasteiger charge is 2.28. The van der Waals surface area contributed by atoms with Gasteiger partial charge in [-0.05, 0) is 51.7 Å². The van der Waals surface area contributed by atoms with Crippen molar-refractivity contribution in [3.8, 4) is 0 Å². The SMILES string of the molecule is Cc1nc([C@H]2CCCN(C(=O)c3ccncc3)C2)nc(C)c1CC(=O)NC1CCCC1. The maximum atomic E-state index is 12.8. The van der Waals surface area contributed by atoms with Crippen LogP contribution in [0.3, 0.4) is 0 Å². The van der Waals surface area contributed by atoms with Crippen molar-refractivity contribution in [2.24, 2.45) is 0 Å². The standard InChI is InChI=1S/C24H31N5O2/c1-16-21(14-22(30)28-20-7-3-4-8-20)17(2)27-23(26-16)19-6-5-13-29(15-19)24(31)18-9-11-25-12-10-18/h9-12,19-20H,3-8,13-15H2,1-2H3,(H,28,30)/t19-/m0/s1. The third-order valence-corrected chi connectivity index (χ3v) is 6.50. The highest BCUT2D eigenvalue weighted by molar-refractivity contribution is 5.94. The minimum atomic E-state index is 0.0285. The van der Waals surface area contributed by atoms with Crippen molar-refractivity contribution in [1.82, 2.24) is 25.2 Å². The number of hydrogen-bond donors (Lipinski definition) is 1. The van der Waals surface area contributed by atoms with Gasteiger partial charge in [-0.3, -0.25) is 14.6 Å². The van der Waals surface area contributed by atoms with E-state index < -0.39 is 0 Å². The summed E-state index contributed by atoms with van der Waals surface area (Å²) in [6.45, 7) is 5.27. The Bertz CT molecular complexity index is 917. The second kappa shape index (κ2) is 9.54. The first-order valence-corrected chi connectivity index (χ1v) is 11.3. The number of aryl methyl sites for hydroxylation is 2. The van der Waals surface area contributed by atoms with E-state index in [4.69, 9.17) is 9.97 Å². The van der Waals surface area contributed by atoms with Crippen molar-refractivity contribution in [1.29, 1.82) is 0 Å². The fourth-order valence-electron chi connectivity index (χ4n) is 4.76. The number of carbonyl (C=O) groups excluding carboxylic acids is 2. The fourth-order valence-corrected chi connectivity index (χ4v) is 4.76. The van der Waals surface area contributed by atoms with E-state index in [1.165, 1.54) is 12.8 Å². The zero-order valence-electron chi connectivity index (χ0n) is 18.4. The zero-order valence-corrected chi connectivity index (χ0v) is 18.4. The van der Waals surface area contributed by atoms with E-state index in [1.54, 1.807) is 24.5 Å². The number of aromatic nitrogens is 3. The highest BCUT2D eigenvalue weighted by Crippen LogP contribution is 2.27. The van der Waals surface area contributed by atoms with Gasteiger partial charge in [-0.2, -0.15) is 0 Å². The van der Waals surface area contributed by atoms with Crippen LogP contribution in [-0.2, 0) is 11.2 Å². The van der Waals surface area contributed by atoms with Crippen LogP contribution in [0.2, 0.25) is 0 Å². The number of nitrogens with one attached hydrogen (secondary N) is 1. The molecule has 1 aliphatic carbocycles. The van der Waals surface area contributed by atoms with Gasteiger partial charge < -0.3 is 10.2 Å². The lowest BCUT2D eigenvalue weighted by molar-refractivity contribution is -0.121. The molecule has 0 spiro atoms. The van der Waals surface area contributed by atoms with Crippen molar-refractivity contribution in [2.45, 2.75) is 70.8 Å². The van der Waals surface area contributed by atoms with E-state index in [0.29, 0.717) is 24.6 Å². The van der Waals surface area contributed by atoms with E-state index in [1.807, 2.05) is 18.7 Å². The number of pyridine rings is 1. The third kappa shape index (κ3) is 5.09. The Morgan fingerprint density at radius 3 is 2.39 bits per heavy atom. The molecule has 3 heterocycles. The molecule has 0 aromatic carbocycles. The molecule has 1 saturated heterocycles. The van der Waals surface area contributed by atoms with E-state index >= 15 is 0 Å². The van der Waals surface area contributed by atoms with E-state index in [0.717, 1.165) is 55.0 Å². The van der Waals surface area contributed by atoms with Gasteiger partial charge in [-0.1, -0.05) is 12.8 Å². The Labute approximate surface area is 183 Å². The summed E-state index contributed by atoms with van der Waals surface area (Å²) in [5.41, 5.74) is 3.30. The summed E-state index contributed by atoms with van der Waals surface area (Å²) < 4.78 is 0. The van der Waals surface area contributed by atoms with E-state index in [2.05, 4.69) is 10.3 Å². The average Bonchev–Trinajstić information content (AvgIpc) is 3.29. The monoisotopic (exact) mass is 421 g/mol. The Kier molecular flexibility index (Phi) is 6.59. The average molecular weight is 422 g/mol. The number of rotatable bonds is 5. The van der Waals surface area contributed by atoms with Gasteiger partial charge in [-0.15, -0.1) is 0 Å². The number of piperidine rings is 1. The quantitative estimate of drug-likeness (QED) is 0.801. The first-order chi connectivity index (χ1) is 15.0. The van der Waals surface area contributed by atoms with Gasteiger partial charge in [0.2, 0.25) is 5.91 Å². The number of hydrogen-bond acceptors (Lipinski definition) is 5. The molecule has 2 aromatic heterocycles. The molecule has 2 fully saturated rings. The van der Waals surface area contributed by atoms with Crippen LogP contribution in [0.1, 0.15) is 77.6 Å². The molecule has 1 atom stereocenters. The van der Waals surface area contributed by atoms with E-state index in [9.17, 15) is 9.59 Å². The minimum absolute atomic E-state index is 0.0285. The van der Waals surface area contributed by atoms with Gasteiger partial charge in [0.25, 0.3) is 5.91 Å². The number of carbonyl (C=O) groups is 2. The predicted octanol–water partition coefficient (Wildman–Crippen LogP) is 3.11. The molecular formula is C24H31N5O2. The van der Waals surface area contributed by atoms with Crippen molar-refractivity contribution in [2.75, 3.05) is 13.1 Å². The molecule has 7 heteroatoms. The lowest BCUT2D eigenvalue weighted by Crippen LogP contribution is -2.39. The Hall–Kier alpha value is -2.83. The van der Waals surface area contributed by atoms with Gasteiger partial charge in [0, 0.05) is 60.0 Å². The molecular weight excluding hydrogens is 390 g/mol. The van der Waals surface area contributed by atoms with Crippen LogP contribution in [0.15, 0.2) is 24.5 Å². The molecule has 7 nitrogen and oxygen atoms in total. The van der Waals surface area contributed by atoms with Gasteiger partial charge in [0.15, 0.2) is 0 Å². The summed E-state index contributed by atoms with van der Waals surface area (Å²) in [4.78, 5) is 40.8. The molecule has 31 heavy (non-hydrogen) atoms. The van der Waals surface area contributed by atoms with Gasteiger partial charge in [-0.25, -0.2) is 9.97 Å². The van der Waals surface area contributed by atoms with Gasteiger partial charge >= 0.3 is 0 Å². The molecule has 0 bridgehead atoms. The third-order valence-electron chi connectivity index (χ3n) is 6.50. The molecule has 2 amide bonds. The Morgan fingerprint density at radius 2 is 1.71 bits per heavy atom. The van der Waals surface area contributed by atoms with Gasteiger partial charge in [0.05, 0.1) is 6.42 Å². The smallest absolute Gasteiger partial charge is 0.253 e. The first-order valence-electron chi connectivity index (χ1n) is 11.3. The Morgan fingerprint density at radius 1 is 1.03 bits per heavy atom. The van der Waals surface area contributed by atoms with Crippen molar-refractivity contribution in [3.05, 3.63) is 52.9 Å². The lowest BCUT2D eigenvalue weighted by Gasteiger charge is -2.32. The van der Waals surface area contributed by atoms with Crippen LogP contribution in [0.25, 0.3) is 0 Å². The molecule has 2 aliphatic rings. The summed E-state index contributed by atoms with van der Waals surface area (Å²) >= 11 is 0. The molecule has 2 aromatic rings. The number of likely N-dealkylation sites (tertiary alicyclic amines) is 1. The molecule has 1 N–H and O–H groups in total. The minimum Gasteiger partial charge on any atom is -0.353 e. The summed E-state index contributed by atoms with van der Waals surface area (Å²) in [6.07, 6.45) is 10.1. The second-order valence-electron chi connectivity index (χ2n) is 8.78. The van der Waals surface area contributed by atoms with Crippen molar-refractivity contribution < 1.29 is 9.59 Å². The summed E-state index contributed by atoms with van der Waals surface area (Å²) in [5.74, 6) is 0.975. The van der Waals surface area contributed by atoms with Crippen LogP contribution < -0.4 is 5.32 Å². The molecule has 4 rings (SSSR count). The predicted molar refractivity (Wildman–Crippen MR) is 118 cm³/mol. The van der Waals surface area contributed by atoms with Crippen molar-refractivity contribution in [3.63, 3.8) is 0 Å². The highest BCUT2D eigenvalue weighted by atomic mass is 16.2. The molecule has 0 radical (unpaired) electrons. The molecule has 1 saturated carbocycles. The summed E-state index contributed by atoms with van der Waals surface area (Å²) in [7, 11) is 0. The number of nitrogens with zero attached hydrogens (tertiary/aromatic N) is 4. The number of amides is 2. The summed E-state index contributed by atoms with van der Waals surface area (Å²) in [6, 6.07) is 3.82. The molecule has 1 aliphatic heterocycles. The normalized spacial score (nSPS) is 19.4. The van der Waals surface area contributed by atoms with Crippen LogP contribution in [0.4, 0.5) is 0 Å². The van der Waals surface area contributed by atoms with Crippen LogP contribution in [-0.4, -0.2) is 50.8 Å². The maximum absolute atomic E-state index is 12.8. The van der Waals surface area contributed by atoms with Gasteiger partial charge in [0.1, 0.15) is 5.82 Å². The Balaban J connectivity index is 1.44. The lowest BCUT2D eigenvalue weighted by atomic mass is 9.95. The van der Waals surface area contributed by atoms with Crippen LogP contribution in [0, 0.1) is 13.8 Å². The summed E-state index contributed by atoms with van der Waals surface area (Å²) in [5, 5.41) is 3.15. The fraction of sp³-hybridized carbons (Fsp3) is 0.542. The topological polar surface area (TPSA) is 88.1 Å². The zero-order chi connectivity index (χ0) is 21.8. The first kappa shape index (κ1) is 21.4. The second-order valence-corrected chi connectivity index (χ2v) is 8.78. The van der Waals surface area contributed by atoms with E-state index in [-0.39, 0.29) is 17.7 Å². The molecule has 164 valence electrons. The van der Waals surface area contributed by atoms with Crippen LogP contribution >= 0.6 is 0 Å². The largest absolute Gasteiger partial charge is 0.353 e. The van der Waals surface area contributed by atoms with Crippen molar-refractivity contribution >= 4 is 11.8 Å². The molecule has 0 unspecified atom stereocenters. The van der Waals surface area contributed by atoms with Crippen LogP contribution in [0.5, 0.6) is 0 Å².